The number of aromatic nitrogens is 2. The van der Waals surface area contributed by atoms with E-state index >= 15 is 0 Å². The van der Waals surface area contributed by atoms with Crippen LogP contribution >= 0.6 is 23.2 Å². The van der Waals surface area contributed by atoms with Crippen LogP contribution in [-0.2, 0) is 6.61 Å². The third-order valence-corrected chi connectivity index (χ3v) is 2.66. The summed E-state index contributed by atoms with van der Waals surface area (Å²) >= 11 is 11.7. The van der Waals surface area contributed by atoms with Crippen molar-refractivity contribution in [1.29, 1.82) is 0 Å². The Bertz CT molecular complexity index is 477. The molecule has 2 aromatic rings. The summed E-state index contributed by atoms with van der Waals surface area (Å²) in [5, 5.41) is 8.56. The molecule has 0 amide bonds. The monoisotopic (exact) mass is 254 g/mol. The van der Waals surface area contributed by atoms with E-state index in [9.17, 15) is 0 Å². The number of hydrogen-bond acceptors (Lipinski definition) is 3. The fourth-order valence-corrected chi connectivity index (χ4v) is 1.47. The highest BCUT2D eigenvalue weighted by Crippen LogP contribution is 2.23. The number of halogens is 2. The van der Waals surface area contributed by atoms with E-state index < -0.39 is 0 Å². The molecule has 1 aromatic carbocycles. The average molecular weight is 255 g/mol. The zero-order valence-electron chi connectivity index (χ0n) is 8.23. The minimum atomic E-state index is 0.385. The predicted octanol–water partition coefficient (Wildman–Crippen LogP) is 3.36. The largest absolute Gasteiger partial charge is 0.472 e. The van der Waals surface area contributed by atoms with E-state index in [4.69, 9.17) is 27.9 Å². The molecule has 16 heavy (non-hydrogen) atoms. The van der Waals surface area contributed by atoms with Crippen LogP contribution in [0.3, 0.4) is 0 Å². The lowest BCUT2D eigenvalue weighted by Crippen LogP contribution is -1.97. The van der Waals surface area contributed by atoms with E-state index in [0.717, 1.165) is 5.56 Å². The van der Waals surface area contributed by atoms with Gasteiger partial charge < -0.3 is 4.74 Å². The molecular weight excluding hydrogens is 247 g/mol. The second-order valence-electron chi connectivity index (χ2n) is 3.10. The lowest BCUT2D eigenvalue weighted by Gasteiger charge is -2.05. The van der Waals surface area contributed by atoms with Crippen molar-refractivity contribution in [2.75, 3.05) is 0 Å². The van der Waals surface area contributed by atoms with Gasteiger partial charge in [-0.15, -0.1) is 5.10 Å². The van der Waals surface area contributed by atoms with Gasteiger partial charge in [-0.05, 0) is 23.8 Å². The van der Waals surface area contributed by atoms with Crippen molar-refractivity contribution in [1.82, 2.24) is 10.2 Å². The zero-order valence-corrected chi connectivity index (χ0v) is 9.74. The smallest absolute Gasteiger partial charge is 0.233 e. The summed E-state index contributed by atoms with van der Waals surface area (Å²) in [7, 11) is 0. The van der Waals surface area contributed by atoms with Gasteiger partial charge in [0, 0.05) is 12.3 Å². The number of nitrogens with zero attached hydrogens (tertiary/aromatic N) is 2. The molecule has 1 heterocycles. The van der Waals surface area contributed by atoms with Crippen LogP contribution in [0.2, 0.25) is 10.0 Å². The number of hydrogen-bond donors (Lipinski definition) is 0. The third-order valence-electron chi connectivity index (χ3n) is 1.92. The first-order valence-electron chi connectivity index (χ1n) is 4.60. The van der Waals surface area contributed by atoms with Crippen LogP contribution in [0.25, 0.3) is 0 Å². The SMILES string of the molecule is Clc1ccc(COc2cccnn2)cc1Cl. The van der Waals surface area contributed by atoms with E-state index in [-0.39, 0.29) is 0 Å². The molecule has 1 aromatic heterocycles. The minimum Gasteiger partial charge on any atom is -0.472 e. The van der Waals surface area contributed by atoms with Crippen LogP contribution in [0.15, 0.2) is 36.5 Å². The van der Waals surface area contributed by atoms with Crippen LogP contribution in [-0.4, -0.2) is 10.2 Å². The fraction of sp³-hybridized carbons (Fsp3) is 0.0909. The summed E-state index contributed by atoms with van der Waals surface area (Å²) in [6.45, 7) is 0.385. The van der Waals surface area contributed by atoms with Gasteiger partial charge in [0.2, 0.25) is 5.88 Å². The topological polar surface area (TPSA) is 35.0 Å². The highest BCUT2D eigenvalue weighted by atomic mass is 35.5. The van der Waals surface area contributed by atoms with E-state index in [1.54, 1.807) is 30.5 Å². The van der Waals surface area contributed by atoms with Crippen LogP contribution in [0.1, 0.15) is 5.56 Å². The van der Waals surface area contributed by atoms with Crippen LogP contribution in [0, 0.1) is 0 Å². The normalized spacial score (nSPS) is 10.1. The molecule has 0 unspecified atom stereocenters. The minimum absolute atomic E-state index is 0.385. The van der Waals surface area contributed by atoms with E-state index in [2.05, 4.69) is 10.2 Å². The molecule has 82 valence electrons. The zero-order chi connectivity index (χ0) is 11.4. The van der Waals surface area contributed by atoms with Crippen molar-refractivity contribution in [3.05, 3.63) is 52.1 Å². The highest BCUT2D eigenvalue weighted by molar-refractivity contribution is 6.42. The third kappa shape index (κ3) is 2.84. The molecule has 0 N–H and O–H groups in total. The van der Waals surface area contributed by atoms with Crippen molar-refractivity contribution < 1.29 is 4.74 Å². The van der Waals surface area contributed by atoms with Crippen LogP contribution < -0.4 is 4.74 Å². The lowest BCUT2D eigenvalue weighted by molar-refractivity contribution is 0.290. The van der Waals surface area contributed by atoms with Crippen LogP contribution in [0.5, 0.6) is 5.88 Å². The lowest BCUT2D eigenvalue weighted by atomic mass is 10.2. The van der Waals surface area contributed by atoms with Gasteiger partial charge in [-0.25, -0.2) is 0 Å². The summed E-state index contributed by atoms with van der Waals surface area (Å²) < 4.78 is 5.41. The van der Waals surface area contributed by atoms with Crippen molar-refractivity contribution in [3.63, 3.8) is 0 Å². The maximum atomic E-state index is 5.88. The molecule has 2 rings (SSSR count). The molecule has 0 saturated carbocycles. The van der Waals surface area contributed by atoms with Crippen molar-refractivity contribution in [2.24, 2.45) is 0 Å². The quantitative estimate of drug-likeness (QED) is 0.843. The van der Waals surface area contributed by atoms with Crippen molar-refractivity contribution >= 4 is 23.2 Å². The molecule has 0 aliphatic carbocycles. The number of rotatable bonds is 3. The first kappa shape index (κ1) is 11.2. The molecule has 0 radical (unpaired) electrons. The summed E-state index contributed by atoms with van der Waals surface area (Å²) in [6, 6.07) is 8.85. The molecule has 3 nitrogen and oxygen atoms in total. The van der Waals surface area contributed by atoms with E-state index in [1.165, 1.54) is 0 Å². The predicted molar refractivity (Wildman–Crippen MR) is 62.8 cm³/mol. The first-order valence-corrected chi connectivity index (χ1v) is 5.36. The molecule has 0 aliphatic heterocycles. The number of benzene rings is 1. The standard InChI is InChI=1S/C11H8Cl2N2O/c12-9-4-3-8(6-10(9)13)7-16-11-2-1-5-14-15-11/h1-6H,7H2. The van der Waals surface area contributed by atoms with Gasteiger partial charge in [0.25, 0.3) is 0 Å². The Morgan fingerprint density at radius 3 is 2.69 bits per heavy atom. The summed E-state index contributed by atoms with van der Waals surface area (Å²) in [6.07, 6.45) is 1.59. The Labute approximate surface area is 103 Å². The number of ether oxygens (including phenoxy) is 1. The Morgan fingerprint density at radius 2 is 2.00 bits per heavy atom. The second-order valence-corrected chi connectivity index (χ2v) is 3.91. The molecular formula is C11H8Cl2N2O. The molecule has 0 atom stereocenters. The summed E-state index contributed by atoms with van der Waals surface area (Å²) in [5.74, 6) is 0.480. The molecule has 0 spiro atoms. The Morgan fingerprint density at radius 1 is 1.12 bits per heavy atom. The summed E-state index contributed by atoms with van der Waals surface area (Å²) in [4.78, 5) is 0. The maximum Gasteiger partial charge on any atom is 0.233 e. The van der Waals surface area contributed by atoms with Gasteiger partial charge in [0.15, 0.2) is 0 Å². The molecule has 0 aliphatic rings. The van der Waals surface area contributed by atoms with Gasteiger partial charge in [-0.2, -0.15) is 5.10 Å². The Balaban J connectivity index is 2.03. The molecule has 0 bridgehead atoms. The maximum absolute atomic E-state index is 5.88. The molecule has 5 heteroatoms. The summed E-state index contributed by atoms with van der Waals surface area (Å²) in [5.41, 5.74) is 0.931. The Hall–Kier alpha value is -1.32. The second kappa shape index (κ2) is 5.14. The van der Waals surface area contributed by atoms with Crippen LogP contribution in [0.4, 0.5) is 0 Å². The van der Waals surface area contributed by atoms with E-state index in [0.29, 0.717) is 22.5 Å². The average Bonchev–Trinajstić information content (AvgIpc) is 2.32. The highest BCUT2D eigenvalue weighted by Gasteiger charge is 2.01. The van der Waals surface area contributed by atoms with Crippen molar-refractivity contribution in [2.45, 2.75) is 6.61 Å². The van der Waals surface area contributed by atoms with Gasteiger partial charge in [0.05, 0.1) is 10.0 Å². The molecule has 0 saturated heterocycles. The molecule has 0 fully saturated rings. The van der Waals surface area contributed by atoms with Gasteiger partial charge in [-0.1, -0.05) is 29.3 Å². The van der Waals surface area contributed by atoms with Gasteiger partial charge in [-0.3, -0.25) is 0 Å². The fourth-order valence-electron chi connectivity index (χ4n) is 1.15. The van der Waals surface area contributed by atoms with Crippen molar-refractivity contribution in [3.8, 4) is 5.88 Å². The van der Waals surface area contributed by atoms with Gasteiger partial charge in [0.1, 0.15) is 6.61 Å². The first-order chi connectivity index (χ1) is 7.75. The van der Waals surface area contributed by atoms with E-state index in [1.807, 2.05) is 6.07 Å². The Kier molecular flexibility index (Phi) is 3.59. The van der Waals surface area contributed by atoms with Gasteiger partial charge >= 0.3 is 0 Å².